The minimum atomic E-state index is -0.221. The Morgan fingerprint density at radius 3 is 2.44 bits per heavy atom. The number of hydrogen-bond donors (Lipinski definition) is 3. The molecule has 0 saturated carbocycles. The minimum Gasteiger partial charge on any atom is -0.361 e. The number of rotatable bonds is 9. The van der Waals surface area contributed by atoms with E-state index >= 15 is 0 Å². The topological polar surface area (TPSA) is 119 Å². The van der Waals surface area contributed by atoms with Crippen LogP contribution in [0.25, 0.3) is 22.6 Å². The van der Waals surface area contributed by atoms with Gasteiger partial charge in [-0.15, -0.1) is 0 Å². The van der Waals surface area contributed by atoms with Gasteiger partial charge in [0, 0.05) is 60.9 Å². The van der Waals surface area contributed by atoms with E-state index in [9.17, 15) is 4.79 Å². The predicted molar refractivity (Wildman–Crippen MR) is 123 cm³/mol. The summed E-state index contributed by atoms with van der Waals surface area (Å²) < 4.78 is 0. The van der Waals surface area contributed by atoms with Crippen LogP contribution in [-0.4, -0.2) is 59.7 Å². The van der Waals surface area contributed by atoms with E-state index in [2.05, 4.69) is 60.8 Å². The van der Waals surface area contributed by atoms with Crippen molar-refractivity contribution >= 4 is 0 Å². The average Bonchev–Trinajstić information content (AvgIpc) is 3.38. The Bertz CT molecular complexity index is 1220. The van der Waals surface area contributed by atoms with Gasteiger partial charge in [-0.1, -0.05) is 13.8 Å². The van der Waals surface area contributed by atoms with Crippen molar-refractivity contribution in [2.24, 2.45) is 0 Å². The van der Waals surface area contributed by atoms with Gasteiger partial charge in [-0.3, -0.25) is 19.9 Å². The van der Waals surface area contributed by atoms with Crippen LogP contribution < -0.4 is 5.56 Å². The van der Waals surface area contributed by atoms with Crippen molar-refractivity contribution in [2.45, 2.75) is 33.6 Å². The number of nitrogens with zero attached hydrogens (tertiary/aromatic N) is 5. The summed E-state index contributed by atoms with van der Waals surface area (Å²) in [7, 11) is 0. The van der Waals surface area contributed by atoms with Gasteiger partial charge in [0.1, 0.15) is 0 Å². The summed E-state index contributed by atoms with van der Waals surface area (Å²) in [5.41, 5.74) is 5.81. The van der Waals surface area contributed by atoms with Gasteiger partial charge in [0.2, 0.25) is 0 Å². The van der Waals surface area contributed by atoms with Crippen LogP contribution in [0.4, 0.5) is 0 Å². The summed E-state index contributed by atoms with van der Waals surface area (Å²) in [4.78, 5) is 36.2. The molecule has 0 aromatic carbocycles. The van der Waals surface area contributed by atoms with Gasteiger partial charge in [0.15, 0.2) is 5.82 Å². The summed E-state index contributed by atoms with van der Waals surface area (Å²) in [6.45, 7) is 9.43. The molecule has 166 valence electrons. The second kappa shape index (κ2) is 9.69. The fourth-order valence-electron chi connectivity index (χ4n) is 4.06. The number of likely N-dealkylation sites (N-methyl/N-ethyl adjacent to an activating group) is 1. The molecule has 4 heterocycles. The van der Waals surface area contributed by atoms with Crippen LogP contribution in [0.5, 0.6) is 0 Å². The van der Waals surface area contributed by atoms with Gasteiger partial charge >= 0.3 is 0 Å². The van der Waals surface area contributed by atoms with E-state index in [0.29, 0.717) is 29.2 Å². The lowest BCUT2D eigenvalue weighted by Gasteiger charge is -2.18. The molecular weight excluding hydrogens is 404 g/mol. The highest BCUT2D eigenvalue weighted by molar-refractivity contribution is 5.67. The third-order valence-corrected chi connectivity index (χ3v) is 5.78. The van der Waals surface area contributed by atoms with E-state index in [0.717, 1.165) is 43.0 Å². The van der Waals surface area contributed by atoms with Gasteiger partial charge in [-0.2, -0.15) is 0 Å². The van der Waals surface area contributed by atoms with E-state index in [1.807, 2.05) is 6.07 Å². The number of aryl methyl sites for hydroxylation is 1. The summed E-state index contributed by atoms with van der Waals surface area (Å²) in [6, 6.07) is 1.82. The first kappa shape index (κ1) is 21.6. The molecule has 0 aliphatic carbocycles. The summed E-state index contributed by atoms with van der Waals surface area (Å²) in [5.74, 6) is 0.686. The minimum absolute atomic E-state index is 0.221. The third kappa shape index (κ3) is 4.38. The Labute approximate surface area is 186 Å². The van der Waals surface area contributed by atoms with Crippen LogP contribution in [-0.2, 0) is 12.8 Å². The molecule has 4 rings (SSSR count). The number of hydrogen-bond acceptors (Lipinski definition) is 6. The molecule has 0 aliphatic rings. The molecule has 0 amide bonds. The van der Waals surface area contributed by atoms with Crippen molar-refractivity contribution < 1.29 is 0 Å². The van der Waals surface area contributed by atoms with Gasteiger partial charge in [-0.25, -0.2) is 9.97 Å². The van der Waals surface area contributed by atoms with Crippen molar-refractivity contribution in [1.82, 2.24) is 40.0 Å². The lowest BCUT2D eigenvalue weighted by Crippen LogP contribution is -2.25. The second-order valence-corrected chi connectivity index (χ2v) is 7.62. The van der Waals surface area contributed by atoms with Crippen molar-refractivity contribution in [3.8, 4) is 22.6 Å². The highest BCUT2D eigenvalue weighted by Gasteiger charge is 2.22. The number of aromatic amines is 3. The Balaban J connectivity index is 1.77. The lowest BCUT2D eigenvalue weighted by atomic mass is 10.0. The molecule has 32 heavy (non-hydrogen) atoms. The first-order valence-corrected chi connectivity index (χ1v) is 10.9. The molecule has 0 atom stereocenters. The molecule has 0 radical (unpaired) electrons. The molecule has 9 nitrogen and oxygen atoms in total. The zero-order chi connectivity index (χ0) is 22.5. The zero-order valence-corrected chi connectivity index (χ0v) is 18.6. The van der Waals surface area contributed by atoms with E-state index in [4.69, 9.17) is 0 Å². The zero-order valence-electron chi connectivity index (χ0n) is 18.6. The number of aromatic nitrogens is 7. The molecule has 0 unspecified atom stereocenters. The maximum Gasteiger partial charge on any atom is 0.273 e. The van der Waals surface area contributed by atoms with Gasteiger partial charge in [0.05, 0.1) is 17.0 Å². The molecule has 0 saturated heterocycles. The SMILES string of the molecule is CCN(CC)CCc1c(C)[nH]c(Cc2nccnc2-c2c[nH][nH]c2=O)c1-c1ncccn1. The van der Waals surface area contributed by atoms with Gasteiger partial charge in [0.25, 0.3) is 5.56 Å². The lowest BCUT2D eigenvalue weighted by molar-refractivity contribution is 0.308. The Hall–Kier alpha value is -3.59. The monoisotopic (exact) mass is 432 g/mol. The first-order valence-electron chi connectivity index (χ1n) is 10.9. The third-order valence-electron chi connectivity index (χ3n) is 5.78. The van der Waals surface area contributed by atoms with Crippen LogP contribution in [0.1, 0.15) is 36.5 Å². The predicted octanol–water partition coefficient (Wildman–Crippen LogP) is 2.73. The van der Waals surface area contributed by atoms with Crippen molar-refractivity contribution in [1.29, 1.82) is 0 Å². The van der Waals surface area contributed by atoms with E-state index in [1.165, 1.54) is 5.56 Å². The van der Waals surface area contributed by atoms with Crippen LogP contribution in [0, 0.1) is 6.92 Å². The van der Waals surface area contributed by atoms with Crippen molar-refractivity contribution in [2.75, 3.05) is 19.6 Å². The number of nitrogens with one attached hydrogen (secondary N) is 3. The van der Waals surface area contributed by atoms with Crippen LogP contribution >= 0.6 is 0 Å². The average molecular weight is 433 g/mol. The fraction of sp³-hybridized carbons (Fsp3) is 0.348. The Morgan fingerprint density at radius 2 is 1.75 bits per heavy atom. The molecule has 0 fully saturated rings. The highest BCUT2D eigenvalue weighted by atomic mass is 16.1. The van der Waals surface area contributed by atoms with Crippen LogP contribution in [0.15, 0.2) is 41.8 Å². The van der Waals surface area contributed by atoms with E-state index in [1.54, 1.807) is 31.0 Å². The molecule has 0 aliphatic heterocycles. The van der Waals surface area contributed by atoms with Crippen LogP contribution in [0.3, 0.4) is 0 Å². The van der Waals surface area contributed by atoms with E-state index in [-0.39, 0.29) is 5.56 Å². The fourth-order valence-corrected chi connectivity index (χ4v) is 4.06. The Morgan fingerprint density at radius 1 is 1.00 bits per heavy atom. The summed E-state index contributed by atoms with van der Waals surface area (Å²) in [5, 5.41) is 5.30. The van der Waals surface area contributed by atoms with E-state index < -0.39 is 0 Å². The van der Waals surface area contributed by atoms with Crippen molar-refractivity contribution in [3.05, 3.63) is 70.0 Å². The summed E-state index contributed by atoms with van der Waals surface area (Å²) in [6.07, 6.45) is 9.76. The van der Waals surface area contributed by atoms with Crippen LogP contribution in [0.2, 0.25) is 0 Å². The molecular formula is C23H28N8O. The molecule has 0 spiro atoms. The maximum atomic E-state index is 12.2. The number of H-pyrrole nitrogens is 3. The summed E-state index contributed by atoms with van der Waals surface area (Å²) >= 11 is 0. The standard InChI is InChI=1S/C23H28N8O/c1-4-31(5-2)12-7-16-15(3)29-18(20(16)22-26-8-6-9-27-22)13-19-21(25-11-10-24-19)17-14-28-30-23(17)32/h6,8-11,14,29H,4-5,7,12-13H2,1-3H3,(H2,28,30,32). The smallest absolute Gasteiger partial charge is 0.273 e. The molecule has 4 aromatic rings. The highest BCUT2D eigenvalue weighted by Crippen LogP contribution is 2.31. The Kier molecular flexibility index (Phi) is 6.55. The largest absolute Gasteiger partial charge is 0.361 e. The van der Waals surface area contributed by atoms with Crippen molar-refractivity contribution in [3.63, 3.8) is 0 Å². The quantitative estimate of drug-likeness (QED) is 0.374. The molecule has 0 bridgehead atoms. The van der Waals surface area contributed by atoms with Gasteiger partial charge in [-0.05, 0) is 38.1 Å². The van der Waals surface area contributed by atoms with Gasteiger partial charge < -0.3 is 15.0 Å². The molecule has 4 aromatic heterocycles. The maximum absolute atomic E-state index is 12.2. The molecule has 9 heteroatoms. The molecule has 3 N–H and O–H groups in total. The normalized spacial score (nSPS) is 11.4. The second-order valence-electron chi connectivity index (χ2n) is 7.62. The first-order chi connectivity index (χ1) is 15.6.